The zero-order valence-electron chi connectivity index (χ0n) is 21.3. The molecule has 0 radical (unpaired) electrons. The van der Waals surface area contributed by atoms with Crippen molar-refractivity contribution in [2.45, 2.75) is 0 Å². The molecule has 0 bridgehead atoms. The predicted octanol–water partition coefficient (Wildman–Crippen LogP) is 5.41. The molecule has 1 fully saturated rings. The van der Waals surface area contributed by atoms with Gasteiger partial charge < -0.3 is 14.8 Å². The molecule has 3 aromatic carbocycles. The Labute approximate surface area is 245 Å². The number of hydrogen-bond donors (Lipinski definition) is 1. The van der Waals surface area contributed by atoms with E-state index in [0.717, 1.165) is 18.2 Å². The van der Waals surface area contributed by atoms with E-state index in [2.05, 4.69) is 10.1 Å². The standard InChI is InChI=1S/C26H17ClN4O10S/c1-40-25(34)17-11-15(6-8-18(17)27)28-23(32)13-29-24(33)22(42-26(29)35)10-14-4-2-3-5-20(14)41-21-9-7-16(30(36)37)12-19(21)31(38)39/h2-12H,13H2,1H3,(H,28,32)/b22-10+. The monoisotopic (exact) mass is 612 g/mol. The van der Waals surface area contributed by atoms with Crippen molar-refractivity contribution >= 4 is 69.5 Å². The van der Waals surface area contributed by atoms with Crippen LogP contribution in [0.15, 0.2) is 65.6 Å². The van der Waals surface area contributed by atoms with E-state index in [1.54, 1.807) is 12.1 Å². The van der Waals surface area contributed by atoms with Crippen molar-refractivity contribution in [1.29, 1.82) is 0 Å². The number of anilines is 1. The second-order valence-corrected chi connectivity index (χ2v) is 9.71. The van der Waals surface area contributed by atoms with Crippen LogP contribution in [0.25, 0.3) is 6.08 Å². The summed E-state index contributed by atoms with van der Waals surface area (Å²) in [6, 6.07) is 13.1. The van der Waals surface area contributed by atoms with Crippen molar-refractivity contribution in [3.63, 3.8) is 0 Å². The van der Waals surface area contributed by atoms with Gasteiger partial charge in [-0.15, -0.1) is 0 Å². The molecule has 3 amide bonds. The number of ether oxygens (including phenoxy) is 2. The average Bonchev–Trinajstić information content (AvgIpc) is 3.21. The lowest BCUT2D eigenvalue weighted by Crippen LogP contribution is -2.36. The third kappa shape index (κ3) is 6.54. The van der Waals surface area contributed by atoms with E-state index in [4.69, 9.17) is 16.3 Å². The van der Waals surface area contributed by atoms with Gasteiger partial charge in [0, 0.05) is 17.3 Å². The molecule has 1 N–H and O–H groups in total. The zero-order chi connectivity index (χ0) is 30.6. The third-order valence-electron chi connectivity index (χ3n) is 5.61. The maximum Gasteiger partial charge on any atom is 0.339 e. The molecule has 1 saturated heterocycles. The minimum Gasteiger partial charge on any atom is -0.465 e. The molecule has 0 atom stereocenters. The molecular weight excluding hydrogens is 596 g/mol. The number of thioether (sulfide) groups is 1. The van der Waals surface area contributed by atoms with Crippen LogP contribution in [0.2, 0.25) is 5.02 Å². The number of amides is 3. The number of rotatable bonds is 9. The van der Waals surface area contributed by atoms with Gasteiger partial charge in [0.1, 0.15) is 12.3 Å². The van der Waals surface area contributed by atoms with Gasteiger partial charge in [-0.25, -0.2) is 4.79 Å². The van der Waals surface area contributed by atoms with Crippen LogP contribution in [0.3, 0.4) is 0 Å². The summed E-state index contributed by atoms with van der Waals surface area (Å²) in [6.07, 6.45) is 1.32. The number of nitrogens with zero attached hydrogens (tertiary/aromatic N) is 3. The second-order valence-electron chi connectivity index (χ2n) is 8.31. The Hall–Kier alpha value is -5.28. The first kappa shape index (κ1) is 29.7. The zero-order valence-corrected chi connectivity index (χ0v) is 22.8. The largest absolute Gasteiger partial charge is 0.465 e. The lowest BCUT2D eigenvalue weighted by molar-refractivity contribution is -0.394. The number of halogens is 1. The van der Waals surface area contributed by atoms with Crippen molar-refractivity contribution < 1.29 is 38.5 Å². The van der Waals surface area contributed by atoms with Crippen LogP contribution >= 0.6 is 23.4 Å². The molecule has 1 aliphatic heterocycles. The van der Waals surface area contributed by atoms with Crippen LogP contribution in [-0.4, -0.2) is 51.4 Å². The van der Waals surface area contributed by atoms with Crippen molar-refractivity contribution in [2.24, 2.45) is 0 Å². The SMILES string of the molecule is COC(=O)c1cc(NC(=O)CN2C(=O)S/C(=C/c3ccccc3Oc3ccc([N+](=O)[O-])cc3[N+](=O)[O-])C2=O)ccc1Cl. The van der Waals surface area contributed by atoms with Gasteiger partial charge in [0.25, 0.3) is 16.8 Å². The molecule has 1 heterocycles. The maximum atomic E-state index is 13.0. The second kappa shape index (κ2) is 12.5. The molecule has 0 aromatic heterocycles. The summed E-state index contributed by atoms with van der Waals surface area (Å²) in [5.41, 5.74) is -0.703. The van der Waals surface area contributed by atoms with Gasteiger partial charge in [-0.3, -0.25) is 39.5 Å². The van der Waals surface area contributed by atoms with Gasteiger partial charge in [-0.2, -0.15) is 0 Å². The molecule has 0 spiro atoms. The molecule has 14 nitrogen and oxygen atoms in total. The van der Waals surface area contributed by atoms with Gasteiger partial charge in [-0.05, 0) is 48.2 Å². The number of benzene rings is 3. The highest BCUT2D eigenvalue weighted by molar-refractivity contribution is 8.18. The number of imide groups is 1. The van der Waals surface area contributed by atoms with E-state index in [1.807, 2.05) is 0 Å². The molecule has 214 valence electrons. The highest BCUT2D eigenvalue weighted by Crippen LogP contribution is 2.38. The summed E-state index contributed by atoms with van der Waals surface area (Å²) in [4.78, 5) is 71.6. The van der Waals surface area contributed by atoms with Crippen LogP contribution in [0.4, 0.5) is 21.9 Å². The lowest BCUT2D eigenvalue weighted by Gasteiger charge is -2.13. The number of methoxy groups -OCH3 is 1. The Kier molecular flexibility index (Phi) is 8.83. The minimum atomic E-state index is -0.832. The summed E-state index contributed by atoms with van der Waals surface area (Å²) >= 11 is 6.54. The number of nitrogens with one attached hydrogen (secondary N) is 1. The topological polar surface area (TPSA) is 188 Å². The molecule has 0 aliphatic carbocycles. The first-order valence-corrected chi connectivity index (χ1v) is 12.8. The lowest BCUT2D eigenvalue weighted by atomic mass is 10.1. The van der Waals surface area contributed by atoms with Crippen LogP contribution in [-0.2, 0) is 14.3 Å². The first-order chi connectivity index (χ1) is 20.0. The van der Waals surface area contributed by atoms with Crippen molar-refractivity contribution in [3.05, 3.63) is 102 Å². The summed E-state index contributed by atoms with van der Waals surface area (Å²) in [5.74, 6) is -2.45. The fourth-order valence-electron chi connectivity index (χ4n) is 3.65. The number of carbonyl (C=O) groups excluding carboxylic acids is 4. The number of esters is 1. The summed E-state index contributed by atoms with van der Waals surface area (Å²) < 4.78 is 10.3. The van der Waals surface area contributed by atoms with Gasteiger partial charge >= 0.3 is 11.7 Å². The predicted molar refractivity (Wildman–Crippen MR) is 150 cm³/mol. The van der Waals surface area contributed by atoms with Crippen LogP contribution < -0.4 is 10.1 Å². The third-order valence-corrected chi connectivity index (χ3v) is 6.84. The summed E-state index contributed by atoms with van der Waals surface area (Å²) in [7, 11) is 1.17. The molecule has 3 aromatic rings. The summed E-state index contributed by atoms with van der Waals surface area (Å²) in [5, 5.41) is 24.4. The van der Waals surface area contributed by atoms with E-state index in [1.165, 1.54) is 43.5 Å². The smallest absolute Gasteiger partial charge is 0.339 e. The number of nitro groups is 2. The van der Waals surface area contributed by atoms with Crippen LogP contribution in [0.5, 0.6) is 11.5 Å². The van der Waals surface area contributed by atoms with E-state index in [-0.39, 0.29) is 38.2 Å². The van der Waals surface area contributed by atoms with E-state index in [9.17, 15) is 39.4 Å². The van der Waals surface area contributed by atoms with E-state index >= 15 is 0 Å². The van der Waals surface area contributed by atoms with Gasteiger partial charge in [0.15, 0.2) is 0 Å². The van der Waals surface area contributed by atoms with Crippen molar-refractivity contribution in [3.8, 4) is 11.5 Å². The molecule has 0 saturated carbocycles. The highest BCUT2D eigenvalue weighted by atomic mass is 35.5. The van der Waals surface area contributed by atoms with Gasteiger partial charge in [-0.1, -0.05) is 29.8 Å². The van der Waals surface area contributed by atoms with Crippen LogP contribution in [0, 0.1) is 20.2 Å². The first-order valence-electron chi connectivity index (χ1n) is 11.6. The number of non-ortho nitro benzene ring substituents is 1. The Morgan fingerprint density at radius 2 is 1.76 bits per heavy atom. The number of nitro benzene ring substituents is 2. The fraction of sp³-hybridized carbons (Fsp3) is 0.0769. The Balaban J connectivity index is 1.52. The quantitative estimate of drug-likeness (QED) is 0.141. The molecular formula is C26H17ClN4O10S. The van der Waals surface area contributed by atoms with Crippen molar-refractivity contribution in [2.75, 3.05) is 19.0 Å². The van der Waals surface area contributed by atoms with Gasteiger partial charge in [0.2, 0.25) is 11.7 Å². The molecule has 42 heavy (non-hydrogen) atoms. The van der Waals surface area contributed by atoms with Gasteiger partial charge in [0.05, 0.1) is 38.5 Å². The Morgan fingerprint density at radius 1 is 1.02 bits per heavy atom. The fourth-order valence-corrected chi connectivity index (χ4v) is 4.67. The number of hydrogen-bond acceptors (Lipinski definition) is 11. The number of carbonyl (C=O) groups is 4. The molecule has 1 aliphatic rings. The van der Waals surface area contributed by atoms with Crippen LogP contribution in [0.1, 0.15) is 15.9 Å². The normalized spacial score (nSPS) is 13.7. The molecule has 4 rings (SSSR count). The number of para-hydroxylation sites is 1. The Bertz CT molecular complexity index is 1690. The maximum absolute atomic E-state index is 13.0. The van der Waals surface area contributed by atoms with E-state index < -0.39 is 50.8 Å². The Morgan fingerprint density at radius 3 is 2.45 bits per heavy atom. The van der Waals surface area contributed by atoms with E-state index in [0.29, 0.717) is 16.7 Å². The molecule has 0 unspecified atom stereocenters. The summed E-state index contributed by atoms with van der Waals surface area (Å²) in [6.45, 7) is -0.634. The van der Waals surface area contributed by atoms with Crippen molar-refractivity contribution in [1.82, 2.24) is 4.90 Å². The molecule has 16 heteroatoms. The highest BCUT2D eigenvalue weighted by Gasteiger charge is 2.36. The minimum absolute atomic E-state index is 0.00556. The average molecular weight is 613 g/mol.